The third-order valence-electron chi connectivity index (χ3n) is 6.03. The van der Waals surface area contributed by atoms with E-state index in [2.05, 4.69) is 0 Å². The number of carbonyl (C=O) groups excluding carboxylic acids is 3. The van der Waals surface area contributed by atoms with Gasteiger partial charge in [0.25, 0.3) is 11.8 Å². The van der Waals surface area contributed by atoms with E-state index in [1.165, 1.54) is 7.11 Å². The number of ether oxygens (including phenoxy) is 3. The van der Waals surface area contributed by atoms with E-state index < -0.39 is 12.0 Å². The number of benzene rings is 2. The first-order chi connectivity index (χ1) is 15.9. The molecule has 0 radical (unpaired) electrons. The van der Waals surface area contributed by atoms with Crippen LogP contribution in [-0.4, -0.2) is 55.2 Å². The average molecular weight is 453 g/mol. The molecule has 0 aliphatic carbocycles. The fourth-order valence-electron chi connectivity index (χ4n) is 4.20. The quantitative estimate of drug-likeness (QED) is 0.720. The maximum atomic E-state index is 13.2. The fourth-order valence-corrected chi connectivity index (χ4v) is 4.20. The zero-order valence-electron chi connectivity index (χ0n) is 18.7. The van der Waals surface area contributed by atoms with Gasteiger partial charge in [0.2, 0.25) is 0 Å². The van der Waals surface area contributed by atoms with Gasteiger partial charge in [0.05, 0.1) is 18.4 Å². The van der Waals surface area contributed by atoms with Crippen molar-refractivity contribution in [3.63, 3.8) is 0 Å². The van der Waals surface area contributed by atoms with Crippen molar-refractivity contribution in [2.75, 3.05) is 25.1 Å². The fraction of sp³-hybridized carbons (Fsp3) is 0.375. The Morgan fingerprint density at radius 2 is 1.88 bits per heavy atom. The number of cyclic esters (lactones) is 1. The minimum atomic E-state index is -0.804. The van der Waals surface area contributed by atoms with Crippen LogP contribution >= 0.6 is 0 Å². The van der Waals surface area contributed by atoms with Crippen molar-refractivity contribution in [1.29, 1.82) is 0 Å². The molecule has 2 aromatic carbocycles. The van der Waals surface area contributed by atoms with Gasteiger partial charge in [0.15, 0.2) is 6.10 Å². The molecule has 174 valence electrons. The molecule has 1 fully saturated rings. The Balaban J connectivity index is 1.45. The van der Waals surface area contributed by atoms with Crippen molar-refractivity contribution in [2.24, 2.45) is 5.73 Å². The molecule has 0 saturated carbocycles. The second-order valence-electron chi connectivity index (χ2n) is 8.10. The highest BCUT2D eigenvalue weighted by Crippen LogP contribution is 2.33. The number of primary amides is 1. The summed E-state index contributed by atoms with van der Waals surface area (Å²) in [6, 6.07) is 12.5. The number of nitrogens with zero attached hydrogens (tertiary/aromatic N) is 2. The Morgan fingerprint density at radius 1 is 1.15 bits per heavy atom. The summed E-state index contributed by atoms with van der Waals surface area (Å²) >= 11 is 0. The maximum absolute atomic E-state index is 13.2. The Kier molecular flexibility index (Phi) is 6.39. The Hall–Kier alpha value is -3.75. The van der Waals surface area contributed by atoms with Crippen molar-refractivity contribution >= 4 is 23.6 Å². The molecule has 1 unspecified atom stereocenters. The molecule has 3 amide bonds. The smallest absolute Gasteiger partial charge is 0.414 e. The summed E-state index contributed by atoms with van der Waals surface area (Å²) in [5.74, 6) is -0.0147. The topological polar surface area (TPSA) is 111 Å². The molecular weight excluding hydrogens is 426 g/mol. The van der Waals surface area contributed by atoms with Crippen LogP contribution in [-0.2, 0) is 16.1 Å². The van der Waals surface area contributed by atoms with Crippen LogP contribution in [0.1, 0.15) is 35.7 Å². The molecule has 9 heteroatoms. The highest BCUT2D eigenvalue weighted by molar-refractivity contribution is 5.97. The van der Waals surface area contributed by atoms with Crippen LogP contribution < -0.4 is 20.1 Å². The third-order valence-corrected chi connectivity index (χ3v) is 6.03. The molecule has 1 atom stereocenters. The van der Waals surface area contributed by atoms with E-state index in [-0.39, 0.29) is 24.6 Å². The first kappa shape index (κ1) is 22.4. The predicted octanol–water partition coefficient (Wildman–Crippen LogP) is 2.71. The average Bonchev–Trinajstić information content (AvgIpc) is 2.83. The van der Waals surface area contributed by atoms with Gasteiger partial charge in [-0.25, -0.2) is 4.79 Å². The van der Waals surface area contributed by atoms with Gasteiger partial charge in [-0.2, -0.15) is 0 Å². The number of likely N-dealkylation sites (tertiary alicyclic amines) is 1. The van der Waals surface area contributed by atoms with Gasteiger partial charge in [0, 0.05) is 30.8 Å². The zero-order chi connectivity index (χ0) is 23.5. The van der Waals surface area contributed by atoms with Gasteiger partial charge < -0.3 is 24.8 Å². The largest absolute Gasteiger partial charge is 0.496 e. The number of hydrogen-bond acceptors (Lipinski definition) is 6. The SMILES string of the molecule is COc1cc(OC(C)C(N)=O)ccc1C(=O)N1CCC(N2C(=O)OCc3ccccc32)CC1. The van der Waals surface area contributed by atoms with E-state index in [1.54, 1.807) is 34.9 Å². The summed E-state index contributed by atoms with van der Waals surface area (Å²) < 4.78 is 16.2. The van der Waals surface area contributed by atoms with Gasteiger partial charge in [-0.3, -0.25) is 14.5 Å². The van der Waals surface area contributed by atoms with Crippen molar-refractivity contribution < 1.29 is 28.6 Å². The Bertz CT molecular complexity index is 1060. The highest BCUT2D eigenvalue weighted by Gasteiger charge is 2.35. The molecule has 2 aliphatic heterocycles. The number of rotatable bonds is 6. The molecule has 2 aromatic rings. The van der Waals surface area contributed by atoms with E-state index in [4.69, 9.17) is 19.9 Å². The lowest BCUT2D eigenvalue weighted by atomic mass is 10.00. The molecule has 2 heterocycles. The van der Waals surface area contributed by atoms with Crippen molar-refractivity contribution in [2.45, 2.75) is 38.5 Å². The number of para-hydroxylation sites is 1. The van der Waals surface area contributed by atoms with Crippen LogP contribution in [0.3, 0.4) is 0 Å². The second-order valence-corrected chi connectivity index (χ2v) is 8.10. The van der Waals surface area contributed by atoms with Gasteiger partial charge in [-0.1, -0.05) is 18.2 Å². The molecular formula is C24H27N3O6. The lowest BCUT2D eigenvalue weighted by Crippen LogP contribution is -2.50. The lowest BCUT2D eigenvalue weighted by molar-refractivity contribution is -0.123. The molecule has 1 saturated heterocycles. The summed E-state index contributed by atoms with van der Waals surface area (Å²) in [6.07, 6.45) is 0.117. The van der Waals surface area contributed by atoms with Crippen molar-refractivity contribution in [3.05, 3.63) is 53.6 Å². The number of fused-ring (bicyclic) bond motifs is 1. The number of piperidine rings is 1. The number of amides is 3. The van der Waals surface area contributed by atoms with Crippen molar-refractivity contribution in [3.8, 4) is 11.5 Å². The summed E-state index contributed by atoms with van der Waals surface area (Å²) in [6.45, 7) is 2.82. The molecule has 9 nitrogen and oxygen atoms in total. The molecule has 0 aromatic heterocycles. The first-order valence-electron chi connectivity index (χ1n) is 10.9. The number of anilines is 1. The molecule has 0 bridgehead atoms. The molecule has 2 N–H and O–H groups in total. The van der Waals surface area contributed by atoms with Crippen LogP contribution in [0.2, 0.25) is 0 Å². The highest BCUT2D eigenvalue weighted by atomic mass is 16.6. The first-order valence-corrected chi connectivity index (χ1v) is 10.9. The van der Waals surface area contributed by atoms with E-state index in [0.717, 1.165) is 11.3 Å². The summed E-state index contributed by atoms with van der Waals surface area (Å²) in [5.41, 5.74) is 7.50. The van der Waals surface area contributed by atoms with Gasteiger partial charge in [-0.15, -0.1) is 0 Å². The number of carbonyl (C=O) groups is 3. The standard InChI is InChI=1S/C24H27N3O6/c1-15(22(25)28)33-18-7-8-19(21(13-18)31-2)23(29)26-11-9-17(10-12-26)27-20-6-4-3-5-16(20)14-32-24(27)30/h3-8,13,15,17H,9-12,14H2,1-2H3,(H2,25,28). The number of nitrogens with two attached hydrogens (primary N) is 1. The van der Waals surface area contributed by atoms with E-state index >= 15 is 0 Å². The predicted molar refractivity (Wildman–Crippen MR) is 120 cm³/mol. The Morgan fingerprint density at radius 3 is 2.58 bits per heavy atom. The van der Waals surface area contributed by atoms with E-state index in [9.17, 15) is 14.4 Å². The van der Waals surface area contributed by atoms with E-state index in [1.807, 2.05) is 24.3 Å². The van der Waals surface area contributed by atoms with Crippen LogP contribution in [0.4, 0.5) is 10.5 Å². The van der Waals surface area contributed by atoms with Crippen LogP contribution in [0.5, 0.6) is 11.5 Å². The minimum Gasteiger partial charge on any atom is -0.496 e. The van der Waals surface area contributed by atoms with Gasteiger partial charge in [0.1, 0.15) is 18.1 Å². The summed E-state index contributed by atoms with van der Waals surface area (Å²) in [5, 5.41) is 0. The molecule has 33 heavy (non-hydrogen) atoms. The normalized spacial score (nSPS) is 17.1. The van der Waals surface area contributed by atoms with Crippen LogP contribution in [0.25, 0.3) is 0 Å². The zero-order valence-corrected chi connectivity index (χ0v) is 18.7. The van der Waals surface area contributed by atoms with Gasteiger partial charge in [-0.05, 0) is 38.0 Å². The summed E-state index contributed by atoms with van der Waals surface area (Å²) in [7, 11) is 1.47. The number of methoxy groups -OCH3 is 1. The van der Waals surface area contributed by atoms with Crippen LogP contribution in [0.15, 0.2) is 42.5 Å². The maximum Gasteiger partial charge on any atom is 0.414 e. The second kappa shape index (κ2) is 9.40. The number of hydrogen-bond donors (Lipinski definition) is 1. The Labute approximate surface area is 192 Å². The molecule has 0 spiro atoms. The molecule has 4 rings (SSSR count). The lowest BCUT2D eigenvalue weighted by Gasteiger charge is -2.40. The third kappa shape index (κ3) is 4.57. The monoisotopic (exact) mass is 453 g/mol. The van der Waals surface area contributed by atoms with Crippen LogP contribution in [0, 0.1) is 0 Å². The summed E-state index contributed by atoms with van der Waals surface area (Å²) in [4.78, 5) is 40.4. The minimum absolute atomic E-state index is 0.0454. The van der Waals surface area contributed by atoms with Gasteiger partial charge >= 0.3 is 6.09 Å². The van der Waals surface area contributed by atoms with E-state index in [0.29, 0.717) is 43.0 Å². The molecule has 2 aliphatic rings. The van der Waals surface area contributed by atoms with Crippen molar-refractivity contribution in [1.82, 2.24) is 4.90 Å².